The summed E-state index contributed by atoms with van der Waals surface area (Å²) in [7, 11) is 0. The number of hydrogen-bond acceptors (Lipinski definition) is 6. The maximum atomic E-state index is 12.0. The first kappa shape index (κ1) is 15.7. The molecule has 0 aliphatic heterocycles. The predicted octanol–water partition coefficient (Wildman–Crippen LogP) is 2.12. The number of aromatic nitrogens is 3. The summed E-state index contributed by atoms with van der Waals surface area (Å²) in [6.45, 7) is 8.37. The van der Waals surface area contributed by atoms with Crippen LogP contribution >= 0.6 is 0 Å². The Morgan fingerprint density at radius 2 is 2.27 bits per heavy atom. The highest BCUT2D eigenvalue weighted by Gasteiger charge is 2.11. The first-order chi connectivity index (χ1) is 10.6. The Labute approximate surface area is 128 Å². The van der Waals surface area contributed by atoms with E-state index in [9.17, 15) is 4.79 Å². The van der Waals surface area contributed by atoms with E-state index in [2.05, 4.69) is 32.3 Å². The summed E-state index contributed by atoms with van der Waals surface area (Å²) in [5.41, 5.74) is 0.469. The Hall–Kier alpha value is -2.70. The minimum atomic E-state index is -0.237. The smallest absolute Gasteiger partial charge is 0.253 e. The molecule has 0 saturated carbocycles. The zero-order chi connectivity index (χ0) is 15.9. The molecular formula is C15H19N5O2. The van der Waals surface area contributed by atoms with Crippen LogP contribution in [-0.2, 0) is 6.54 Å². The van der Waals surface area contributed by atoms with Crippen LogP contribution in [0, 0.1) is 0 Å². The zero-order valence-corrected chi connectivity index (χ0v) is 12.7. The molecule has 2 heterocycles. The van der Waals surface area contributed by atoms with Crippen LogP contribution in [0.5, 0.6) is 0 Å². The molecule has 2 aromatic heterocycles. The van der Waals surface area contributed by atoms with Gasteiger partial charge in [0, 0.05) is 18.7 Å². The monoisotopic (exact) mass is 301 g/mol. The third-order valence-corrected chi connectivity index (χ3v) is 2.84. The van der Waals surface area contributed by atoms with Crippen LogP contribution in [-0.4, -0.2) is 27.6 Å². The summed E-state index contributed by atoms with van der Waals surface area (Å²) in [5.74, 6) is 1.63. The maximum Gasteiger partial charge on any atom is 0.253 e. The van der Waals surface area contributed by atoms with Gasteiger partial charge in [0.2, 0.25) is 5.89 Å². The summed E-state index contributed by atoms with van der Waals surface area (Å²) >= 11 is 0. The van der Waals surface area contributed by atoms with E-state index in [0.717, 1.165) is 0 Å². The van der Waals surface area contributed by atoms with Gasteiger partial charge in [0.05, 0.1) is 12.1 Å². The molecule has 0 atom stereocenters. The Kier molecular flexibility index (Phi) is 5.24. The molecule has 0 aliphatic rings. The fraction of sp³-hybridized carbons (Fsp3) is 0.333. The molecule has 0 aliphatic carbocycles. The van der Waals surface area contributed by atoms with Gasteiger partial charge in [-0.25, -0.2) is 4.98 Å². The molecule has 2 N–H and O–H groups in total. The van der Waals surface area contributed by atoms with Crippen molar-refractivity contribution in [3.05, 3.63) is 48.3 Å². The van der Waals surface area contributed by atoms with E-state index in [0.29, 0.717) is 29.6 Å². The lowest BCUT2D eigenvalue weighted by Crippen LogP contribution is -2.23. The average Bonchev–Trinajstić information content (AvgIpc) is 3.00. The topological polar surface area (TPSA) is 92.9 Å². The molecule has 0 aromatic carbocycles. The lowest BCUT2D eigenvalue weighted by molar-refractivity contribution is 0.0949. The van der Waals surface area contributed by atoms with Crippen LogP contribution in [0.1, 0.15) is 41.8 Å². The van der Waals surface area contributed by atoms with E-state index in [-0.39, 0.29) is 18.4 Å². The van der Waals surface area contributed by atoms with E-state index >= 15 is 0 Å². The number of carbonyl (C=O) groups excluding carboxylic acids is 1. The molecule has 2 rings (SSSR count). The largest absolute Gasteiger partial charge is 0.367 e. The molecule has 22 heavy (non-hydrogen) atoms. The van der Waals surface area contributed by atoms with Crippen molar-refractivity contribution >= 4 is 11.7 Å². The van der Waals surface area contributed by atoms with Crippen molar-refractivity contribution in [2.24, 2.45) is 0 Å². The highest BCUT2D eigenvalue weighted by Crippen LogP contribution is 2.10. The Bertz CT molecular complexity index is 634. The van der Waals surface area contributed by atoms with Crippen molar-refractivity contribution < 1.29 is 9.32 Å². The summed E-state index contributed by atoms with van der Waals surface area (Å²) < 4.78 is 5.08. The van der Waals surface area contributed by atoms with Crippen LogP contribution < -0.4 is 10.6 Å². The van der Waals surface area contributed by atoms with E-state index in [4.69, 9.17) is 4.52 Å². The summed E-state index contributed by atoms with van der Waals surface area (Å²) in [6, 6.07) is 3.44. The van der Waals surface area contributed by atoms with Crippen molar-refractivity contribution in [2.45, 2.75) is 26.3 Å². The van der Waals surface area contributed by atoms with Crippen LogP contribution in [0.3, 0.4) is 0 Å². The lowest BCUT2D eigenvalue weighted by Gasteiger charge is -2.04. The molecule has 0 fully saturated rings. The van der Waals surface area contributed by atoms with Gasteiger partial charge in [-0.15, -0.1) is 6.58 Å². The first-order valence-electron chi connectivity index (χ1n) is 7.01. The quantitative estimate of drug-likeness (QED) is 0.761. The van der Waals surface area contributed by atoms with Crippen LogP contribution in [0.2, 0.25) is 0 Å². The van der Waals surface area contributed by atoms with Gasteiger partial charge >= 0.3 is 0 Å². The second-order valence-electron chi connectivity index (χ2n) is 4.99. The van der Waals surface area contributed by atoms with Gasteiger partial charge in [0.25, 0.3) is 5.91 Å². The van der Waals surface area contributed by atoms with Gasteiger partial charge in [0.15, 0.2) is 5.82 Å². The predicted molar refractivity (Wildman–Crippen MR) is 82.5 cm³/mol. The normalized spacial score (nSPS) is 10.5. The van der Waals surface area contributed by atoms with Crippen LogP contribution in [0.4, 0.5) is 5.82 Å². The van der Waals surface area contributed by atoms with Crippen molar-refractivity contribution in [3.8, 4) is 0 Å². The van der Waals surface area contributed by atoms with Crippen molar-refractivity contribution in [1.82, 2.24) is 20.4 Å². The minimum absolute atomic E-state index is 0.164. The molecule has 0 bridgehead atoms. The number of anilines is 1. The van der Waals surface area contributed by atoms with Gasteiger partial charge < -0.3 is 15.2 Å². The molecule has 116 valence electrons. The Morgan fingerprint density at radius 1 is 1.45 bits per heavy atom. The van der Waals surface area contributed by atoms with E-state index < -0.39 is 0 Å². The fourth-order valence-corrected chi connectivity index (χ4v) is 1.64. The summed E-state index contributed by atoms with van der Waals surface area (Å²) in [5, 5.41) is 9.58. The van der Waals surface area contributed by atoms with Crippen molar-refractivity contribution in [3.63, 3.8) is 0 Å². The molecule has 7 nitrogen and oxygen atoms in total. The van der Waals surface area contributed by atoms with Crippen molar-refractivity contribution in [2.75, 3.05) is 11.9 Å². The van der Waals surface area contributed by atoms with Crippen LogP contribution in [0.15, 0.2) is 35.5 Å². The minimum Gasteiger partial charge on any atom is -0.367 e. The van der Waals surface area contributed by atoms with Gasteiger partial charge in [-0.2, -0.15) is 4.98 Å². The van der Waals surface area contributed by atoms with E-state index in [1.807, 2.05) is 13.8 Å². The average molecular weight is 301 g/mol. The molecule has 0 unspecified atom stereocenters. The van der Waals surface area contributed by atoms with Gasteiger partial charge in [-0.1, -0.05) is 25.1 Å². The highest BCUT2D eigenvalue weighted by molar-refractivity contribution is 5.93. The number of amides is 1. The number of hydrogen-bond donors (Lipinski definition) is 2. The third kappa shape index (κ3) is 4.15. The number of nitrogens with zero attached hydrogens (tertiary/aromatic N) is 3. The first-order valence-corrected chi connectivity index (χ1v) is 7.01. The Balaban J connectivity index is 1.89. The summed E-state index contributed by atoms with van der Waals surface area (Å²) in [4.78, 5) is 20.4. The van der Waals surface area contributed by atoms with Crippen molar-refractivity contribution in [1.29, 1.82) is 0 Å². The number of rotatable bonds is 7. The second kappa shape index (κ2) is 7.35. The fourth-order valence-electron chi connectivity index (χ4n) is 1.64. The lowest BCUT2D eigenvalue weighted by atomic mass is 10.2. The van der Waals surface area contributed by atoms with E-state index in [1.54, 1.807) is 18.2 Å². The maximum absolute atomic E-state index is 12.0. The number of nitrogens with one attached hydrogen (secondary N) is 2. The Morgan fingerprint density at radius 3 is 2.86 bits per heavy atom. The third-order valence-electron chi connectivity index (χ3n) is 2.84. The SMILES string of the molecule is C=CCNc1ccc(C(=O)NCc2noc(C(C)C)n2)cn1. The summed E-state index contributed by atoms with van der Waals surface area (Å²) in [6.07, 6.45) is 3.25. The molecule has 0 radical (unpaired) electrons. The van der Waals surface area contributed by atoms with Crippen LogP contribution in [0.25, 0.3) is 0 Å². The standard InChI is InChI=1S/C15H19N5O2/c1-4-7-16-12-6-5-11(8-17-12)14(21)18-9-13-19-15(10(2)3)22-20-13/h4-6,8,10H,1,7,9H2,2-3H3,(H,16,17)(H,18,21). The highest BCUT2D eigenvalue weighted by atomic mass is 16.5. The molecule has 2 aromatic rings. The molecule has 0 saturated heterocycles. The van der Waals surface area contributed by atoms with Gasteiger partial charge in [0.1, 0.15) is 5.82 Å². The number of carbonyl (C=O) groups is 1. The molecule has 1 amide bonds. The molecular weight excluding hydrogens is 282 g/mol. The van der Waals surface area contributed by atoms with E-state index in [1.165, 1.54) is 6.20 Å². The molecule has 0 spiro atoms. The molecule has 7 heteroatoms. The van der Waals surface area contributed by atoms with Gasteiger partial charge in [-0.05, 0) is 12.1 Å². The second-order valence-corrected chi connectivity index (χ2v) is 4.99. The zero-order valence-electron chi connectivity index (χ0n) is 12.7. The van der Waals surface area contributed by atoms with Gasteiger partial charge in [-0.3, -0.25) is 4.79 Å². The number of pyridine rings is 1.